The molecule has 5 nitrogen and oxygen atoms in total. The molecule has 0 radical (unpaired) electrons. The molecule has 0 aliphatic rings. The van der Waals surface area contributed by atoms with E-state index < -0.39 is 15.8 Å². The van der Waals surface area contributed by atoms with Crippen LogP contribution in [0.5, 0.6) is 0 Å². The first kappa shape index (κ1) is 16.7. The number of nitrogens with two attached hydrogens (primary N) is 1. The van der Waals surface area contributed by atoms with Crippen LogP contribution in [-0.2, 0) is 10.0 Å². The first-order valence-corrected chi connectivity index (χ1v) is 9.15. The smallest absolute Gasteiger partial charge is 0.283 e. The molecule has 0 saturated heterocycles. The van der Waals surface area contributed by atoms with Crippen LogP contribution in [0, 0.1) is 12.7 Å². The van der Waals surface area contributed by atoms with E-state index in [0.717, 1.165) is 20.2 Å². The Morgan fingerprint density at radius 3 is 2.46 bits per heavy atom. The normalized spacial score (nSPS) is 11.6. The lowest BCUT2D eigenvalue weighted by Crippen LogP contribution is -2.14. The zero-order chi connectivity index (χ0) is 17.5. The van der Waals surface area contributed by atoms with Crippen molar-refractivity contribution in [2.75, 3.05) is 5.73 Å². The van der Waals surface area contributed by atoms with Gasteiger partial charge in [0.2, 0.25) is 0 Å². The fraction of sp³-hybridized carbons (Fsp3) is 0.0625. The quantitative estimate of drug-likeness (QED) is 0.716. The Bertz CT molecular complexity index is 1010. The molecule has 0 spiro atoms. The van der Waals surface area contributed by atoms with Crippen molar-refractivity contribution < 1.29 is 12.8 Å². The second kappa shape index (κ2) is 6.03. The van der Waals surface area contributed by atoms with Gasteiger partial charge in [0, 0.05) is 10.0 Å². The monoisotopic (exact) mass is 409 g/mol. The molecule has 3 rings (SSSR count). The maximum atomic E-state index is 13.4. The molecule has 0 saturated carbocycles. The first-order chi connectivity index (χ1) is 11.3. The Hall–Kier alpha value is -2.19. The number of aromatic nitrogens is 2. The van der Waals surface area contributed by atoms with Crippen molar-refractivity contribution in [1.29, 1.82) is 0 Å². The molecule has 2 aromatic carbocycles. The Labute approximate surface area is 147 Å². The number of hydrogen-bond acceptors (Lipinski definition) is 4. The van der Waals surface area contributed by atoms with Crippen molar-refractivity contribution >= 4 is 31.8 Å². The second-order valence-electron chi connectivity index (χ2n) is 5.22. The summed E-state index contributed by atoms with van der Waals surface area (Å²) in [5, 5.41) is 3.91. The fourth-order valence-corrected chi connectivity index (χ4v) is 3.71. The maximum absolute atomic E-state index is 13.4. The van der Waals surface area contributed by atoms with Crippen LogP contribution in [0.1, 0.15) is 5.56 Å². The molecule has 2 N–H and O–H groups in total. The molecule has 1 aromatic heterocycles. The molecule has 8 heteroatoms. The van der Waals surface area contributed by atoms with Gasteiger partial charge in [0.15, 0.2) is 5.82 Å². The van der Waals surface area contributed by atoms with E-state index in [1.165, 1.54) is 25.3 Å². The van der Waals surface area contributed by atoms with Crippen LogP contribution in [0.4, 0.5) is 10.2 Å². The molecule has 24 heavy (non-hydrogen) atoms. The molecule has 0 unspecified atom stereocenters. The Morgan fingerprint density at radius 1 is 1.17 bits per heavy atom. The van der Waals surface area contributed by atoms with Crippen LogP contribution in [-0.4, -0.2) is 17.6 Å². The zero-order valence-electron chi connectivity index (χ0n) is 12.6. The summed E-state index contributed by atoms with van der Waals surface area (Å²) >= 11 is 3.34. The predicted octanol–water partition coefficient (Wildman–Crippen LogP) is 3.58. The predicted molar refractivity (Wildman–Crippen MR) is 93.5 cm³/mol. The van der Waals surface area contributed by atoms with Crippen molar-refractivity contribution in [3.63, 3.8) is 0 Å². The lowest BCUT2D eigenvalue weighted by molar-refractivity contribution is 0.578. The van der Waals surface area contributed by atoms with Crippen molar-refractivity contribution in [1.82, 2.24) is 9.19 Å². The van der Waals surface area contributed by atoms with Crippen molar-refractivity contribution in [2.24, 2.45) is 0 Å². The van der Waals surface area contributed by atoms with Gasteiger partial charge in [-0.15, -0.1) is 5.10 Å². The minimum Gasteiger partial charge on any atom is -0.382 e. The summed E-state index contributed by atoms with van der Waals surface area (Å²) in [6.07, 6.45) is 1.35. The number of hydrogen-bond donors (Lipinski definition) is 1. The Kier molecular flexibility index (Phi) is 4.18. The van der Waals surface area contributed by atoms with E-state index in [-0.39, 0.29) is 16.3 Å². The van der Waals surface area contributed by atoms with E-state index in [1.54, 1.807) is 12.1 Å². The minimum atomic E-state index is -3.95. The third kappa shape index (κ3) is 2.94. The van der Waals surface area contributed by atoms with E-state index in [0.29, 0.717) is 5.56 Å². The molecule has 124 valence electrons. The SMILES string of the molecule is Cc1cc(S(=O)(=O)n2cc(-c3ccc(Br)cc3)c(N)n2)ccc1F. The highest BCUT2D eigenvalue weighted by Gasteiger charge is 2.21. The standard InChI is InChI=1S/C16H13BrFN3O2S/c1-10-8-13(6-7-15(10)18)24(22,23)21-9-14(16(19)20-21)11-2-4-12(17)5-3-11/h2-9H,1H3,(H2,19,20). The zero-order valence-corrected chi connectivity index (χ0v) is 15.0. The summed E-state index contributed by atoms with van der Waals surface area (Å²) < 4.78 is 40.4. The molecule has 3 aromatic rings. The summed E-state index contributed by atoms with van der Waals surface area (Å²) in [6.45, 7) is 1.50. The number of nitrogens with zero attached hydrogens (tertiary/aromatic N) is 2. The topological polar surface area (TPSA) is 78.0 Å². The van der Waals surface area contributed by atoms with E-state index >= 15 is 0 Å². The highest BCUT2D eigenvalue weighted by Crippen LogP contribution is 2.28. The molecule has 0 fully saturated rings. The third-order valence-corrected chi connectivity index (χ3v) is 5.61. The van der Waals surface area contributed by atoms with E-state index in [1.807, 2.05) is 12.1 Å². The van der Waals surface area contributed by atoms with Gasteiger partial charge in [0.1, 0.15) is 5.82 Å². The lowest BCUT2D eigenvalue weighted by atomic mass is 10.1. The highest BCUT2D eigenvalue weighted by atomic mass is 79.9. The molecule has 0 amide bonds. The van der Waals surface area contributed by atoms with Crippen LogP contribution in [0.25, 0.3) is 11.1 Å². The van der Waals surface area contributed by atoms with Crippen molar-refractivity contribution in [3.8, 4) is 11.1 Å². The highest BCUT2D eigenvalue weighted by molar-refractivity contribution is 9.10. The van der Waals surface area contributed by atoms with Gasteiger partial charge in [-0.2, -0.15) is 12.5 Å². The van der Waals surface area contributed by atoms with Gasteiger partial charge in [-0.05, 0) is 48.4 Å². The van der Waals surface area contributed by atoms with Crippen LogP contribution < -0.4 is 5.73 Å². The fourth-order valence-electron chi connectivity index (χ4n) is 2.23. The molecule has 0 aliphatic carbocycles. The number of rotatable bonds is 3. The number of benzene rings is 2. The van der Waals surface area contributed by atoms with Crippen LogP contribution in [0.3, 0.4) is 0 Å². The van der Waals surface area contributed by atoms with Crippen molar-refractivity contribution in [2.45, 2.75) is 11.8 Å². The Balaban J connectivity index is 2.08. The molecule has 1 heterocycles. The summed E-state index contributed by atoms with van der Waals surface area (Å²) in [6, 6.07) is 10.8. The number of halogens is 2. The lowest BCUT2D eigenvalue weighted by Gasteiger charge is -2.05. The number of anilines is 1. The number of nitrogen functional groups attached to an aromatic ring is 1. The van der Waals surface area contributed by atoms with Gasteiger partial charge >= 0.3 is 0 Å². The Morgan fingerprint density at radius 2 is 1.83 bits per heavy atom. The third-order valence-electron chi connectivity index (χ3n) is 3.55. The van der Waals surface area contributed by atoms with Gasteiger partial charge in [-0.25, -0.2) is 4.39 Å². The van der Waals surface area contributed by atoms with E-state index in [4.69, 9.17) is 5.73 Å². The van der Waals surface area contributed by atoms with Gasteiger partial charge < -0.3 is 5.73 Å². The second-order valence-corrected chi connectivity index (χ2v) is 7.93. The molecule has 0 bridgehead atoms. The minimum absolute atomic E-state index is 0.0498. The van der Waals surface area contributed by atoms with Crippen molar-refractivity contribution in [3.05, 3.63) is 64.5 Å². The number of aryl methyl sites for hydroxylation is 1. The summed E-state index contributed by atoms with van der Waals surface area (Å²) in [5.41, 5.74) is 7.36. The van der Waals surface area contributed by atoms with Gasteiger partial charge in [-0.3, -0.25) is 0 Å². The van der Waals surface area contributed by atoms with Gasteiger partial charge in [-0.1, -0.05) is 28.1 Å². The molecule has 0 aliphatic heterocycles. The van der Waals surface area contributed by atoms with Crippen LogP contribution in [0.2, 0.25) is 0 Å². The summed E-state index contributed by atoms with van der Waals surface area (Å²) in [5.74, 6) is -0.371. The van der Waals surface area contributed by atoms with Gasteiger partial charge in [0.05, 0.1) is 11.1 Å². The van der Waals surface area contributed by atoms with Gasteiger partial charge in [0.25, 0.3) is 10.0 Å². The summed E-state index contributed by atoms with van der Waals surface area (Å²) in [4.78, 5) is -0.0498. The summed E-state index contributed by atoms with van der Waals surface area (Å²) in [7, 11) is -3.95. The molecular formula is C16H13BrFN3O2S. The average Bonchev–Trinajstić information content (AvgIpc) is 2.93. The largest absolute Gasteiger partial charge is 0.382 e. The molecule has 0 atom stereocenters. The van der Waals surface area contributed by atoms with E-state index in [2.05, 4.69) is 21.0 Å². The maximum Gasteiger partial charge on any atom is 0.283 e. The average molecular weight is 410 g/mol. The van der Waals surface area contributed by atoms with Crippen LogP contribution in [0.15, 0.2) is 58.0 Å². The van der Waals surface area contributed by atoms with E-state index in [9.17, 15) is 12.8 Å². The molecular weight excluding hydrogens is 397 g/mol. The first-order valence-electron chi connectivity index (χ1n) is 6.92. The van der Waals surface area contributed by atoms with Crippen LogP contribution >= 0.6 is 15.9 Å².